The van der Waals surface area contributed by atoms with E-state index in [1.807, 2.05) is 0 Å². The Morgan fingerprint density at radius 3 is 1.73 bits per heavy atom. The average molecular weight is 170 g/mol. The maximum Gasteiger partial charge on any atom is 0.0407 e. The first-order valence-electron chi connectivity index (χ1n) is 3.80. The van der Waals surface area contributed by atoms with Crippen LogP contribution in [0.15, 0.2) is 24.3 Å². The quantitative estimate of drug-likeness (QED) is 0.594. The van der Waals surface area contributed by atoms with E-state index in [0.29, 0.717) is 0 Å². The minimum Gasteiger partial charge on any atom is -0.399 e. The minimum absolute atomic E-state index is 0.721. The van der Waals surface area contributed by atoms with Crippen molar-refractivity contribution in [2.75, 3.05) is 5.73 Å². The van der Waals surface area contributed by atoms with Crippen LogP contribution in [0.4, 0.5) is 5.69 Å². The van der Waals surface area contributed by atoms with E-state index in [1.165, 1.54) is 19.3 Å². The summed E-state index contributed by atoms with van der Waals surface area (Å²) in [6.45, 7) is 0. The van der Waals surface area contributed by atoms with Gasteiger partial charge in [0.2, 0.25) is 0 Å². The highest BCUT2D eigenvalue weighted by atomic mass is 35.5. The summed E-state index contributed by atoms with van der Waals surface area (Å²) in [7, 11) is 0. The fourth-order valence-corrected chi connectivity index (χ4v) is 0.589. The lowest BCUT2D eigenvalue weighted by Crippen LogP contribution is -1.80. The van der Waals surface area contributed by atoms with Crippen molar-refractivity contribution in [2.24, 2.45) is 0 Å². The van der Waals surface area contributed by atoms with Gasteiger partial charge in [-0.1, -0.05) is 30.9 Å². The Morgan fingerprint density at radius 2 is 1.45 bits per heavy atom. The highest BCUT2D eigenvalue weighted by Crippen LogP contribution is 2.14. The smallest absolute Gasteiger partial charge is 0.0407 e. The van der Waals surface area contributed by atoms with Gasteiger partial charge in [-0.15, -0.1) is 0 Å². The molecule has 0 spiro atoms. The standard InChI is InChI=1S/C6H6ClN.C3H6/c7-5-1-3-6(8)4-2-5;1-2-3-1/h1-4H,8H2;1-3H2. The number of halogens is 1. The van der Waals surface area contributed by atoms with Gasteiger partial charge in [0.25, 0.3) is 0 Å². The van der Waals surface area contributed by atoms with Crippen LogP contribution in [0.5, 0.6) is 0 Å². The second-order valence-corrected chi connectivity index (χ2v) is 3.05. The third kappa shape index (κ3) is 4.68. The largest absolute Gasteiger partial charge is 0.399 e. The Hall–Kier alpha value is -0.690. The summed E-state index contributed by atoms with van der Waals surface area (Å²) < 4.78 is 0. The summed E-state index contributed by atoms with van der Waals surface area (Å²) in [6.07, 6.45) is 4.50. The lowest BCUT2D eigenvalue weighted by Gasteiger charge is -1.88. The molecule has 0 unspecified atom stereocenters. The number of anilines is 1. The molecular formula is C9H12ClN. The van der Waals surface area contributed by atoms with Gasteiger partial charge in [-0.05, 0) is 24.3 Å². The van der Waals surface area contributed by atoms with E-state index in [1.54, 1.807) is 24.3 Å². The molecule has 1 nitrogen and oxygen atoms in total. The maximum atomic E-state index is 5.56. The van der Waals surface area contributed by atoms with Gasteiger partial charge in [-0.3, -0.25) is 0 Å². The lowest BCUT2D eigenvalue weighted by molar-refractivity contribution is 1.50. The predicted octanol–water partition coefficient (Wildman–Crippen LogP) is 3.09. The fraction of sp³-hybridized carbons (Fsp3) is 0.333. The van der Waals surface area contributed by atoms with Gasteiger partial charge in [0, 0.05) is 10.7 Å². The molecule has 1 fully saturated rings. The van der Waals surface area contributed by atoms with Gasteiger partial charge in [0.05, 0.1) is 0 Å². The molecule has 0 bridgehead atoms. The van der Waals surface area contributed by atoms with E-state index in [0.717, 1.165) is 10.7 Å². The summed E-state index contributed by atoms with van der Waals surface area (Å²) in [6, 6.07) is 7.05. The second-order valence-electron chi connectivity index (χ2n) is 2.61. The van der Waals surface area contributed by atoms with Crippen LogP contribution in [0, 0.1) is 0 Å². The number of hydrogen-bond acceptors (Lipinski definition) is 1. The average Bonchev–Trinajstić information content (AvgIpc) is 2.80. The van der Waals surface area contributed by atoms with Crippen molar-refractivity contribution < 1.29 is 0 Å². The summed E-state index contributed by atoms with van der Waals surface area (Å²) in [5.41, 5.74) is 6.11. The van der Waals surface area contributed by atoms with E-state index in [4.69, 9.17) is 17.3 Å². The van der Waals surface area contributed by atoms with Crippen molar-refractivity contribution in [3.8, 4) is 0 Å². The number of benzene rings is 1. The third-order valence-corrected chi connectivity index (χ3v) is 1.48. The van der Waals surface area contributed by atoms with Crippen molar-refractivity contribution in [1.29, 1.82) is 0 Å². The molecule has 0 saturated heterocycles. The molecule has 60 valence electrons. The molecule has 0 aromatic heterocycles. The minimum atomic E-state index is 0.721. The molecule has 1 aliphatic rings. The molecule has 11 heavy (non-hydrogen) atoms. The summed E-state index contributed by atoms with van der Waals surface area (Å²) in [5.74, 6) is 0. The highest BCUT2D eigenvalue weighted by Gasteiger charge is 1.95. The van der Waals surface area contributed by atoms with Gasteiger partial charge in [0.15, 0.2) is 0 Å². The number of nitrogen functional groups attached to an aromatic ring is 1. The van der Waals surface area contributed by atoms with E-state index in [9.17, 15) is 0 Å². The monoisotopic (exact) mass is 169 g/mol. The van der Waals surface area contributed by atoms with E-state index < -0.39 is 0 Å². The van der Waals surface area contributed by atoms with E-state index >= 15 is 0 Å². The maximum absolute atomic E-state index is 5.56. The highest BCUT2D eigenvalue weighted by molar-refractivity contribution is 6.30. The van der Waals surface area contributed by atoms with Crippen LogP contribution in [0.2, 0.25) is 5.02 Å². The summed E-state index contributed by atoms with van der Waals surface area (Å²) in [4.78, 5) is 0. The summed E-state index contributed by atoms with van der Waals surface area (Å²) in [5, 5.41) is 0.721. The van der Waals surface area contributed by atoms with Crippen molar-refractivity contribution in [2.45, 2.75) is 19.3 Å². The van der Waals surface area contributed by atoms with Crippen molar-refractivity contribution >= 4 is 17.3 Å². The molecule has 2 heteroatoms. The van der Waals surface area contributed by atoms with Gasteiger partial charge in [-0.25, -0.2) is 0 Å². The first kappa shape index (κ1) is 8.41. The first-order valence-corrected chi connectivity index (χ1v) is 4.18. The van der Waals surface area contributed by atoms with Crippen LogP contribution in [0.25, 0.3) is 0 Å². The Kier molecular flexibility index (Phi) is 3.24. The normalized spacial score (nSPS) is 13.2. The molecule has 2 rings (SSSR count). The number of hydrogen-bond donors (Lipinski definition) is 1. The van der Waals surface area contributed by atoms with Gasteiger partial charge in [-0.2, -0.15) is 0 Å². The lowest BCUT2D eigenvalue weighted by atomic mass is 10.3. The first-order chi connectivity index (χ1) is 5.29. The third-order valence-electron chi connectivity index (χ3n) is 1.22. The Morgan fingerprint density at radius 1 is 1.00 bits per heavy atom. The topological polar surface area (TPSA) is 26.0 Å². The van der Waals surface area contributed by atoms with Crippen LogP contribution in [0.1, 0.15) is 19.3 Å². The SMILES string of the molecule is C1CC1.Nc1ccc(Cl)cc1. The molecule has 1 aromatic rings. The van der Waals surface area contributed by atoms with E-state index in [2.05, 4.69) is 0 Å². The van der Waals surface area contributed by atoms with Gasteiger partial charge < -0.3 is 5.73 Å². The number of rotatable bonds is 0. The molecule has 1 saturated carbocycles. The van der Waals surface area contributed by atoms with Crippen molar-refractivity contribution in [1.82, 2.24) is 0 Å². The Labute approximate surface area is 72.2 Å². The summed E-state index contributed by atoms with van der Waals surface area (Å²) >= 11 is 5.56. The van der Waals surface area contributed by atoms with Crippen molar-refractivity contribution in [3.63, 3.8) is 0 Å². The molecule has 0 radical (unpaired) electrons. The number of nitrogens with two attached hydrogens (primary N) is 1. The molecule has 0 atom stereocenters. The molecular weight excluding hydrogens is 158 g/mol. The zero-order valence-electron chi connectivity index (χ0n) is 6.39. The molecule has 1 aromatic carbocycles. The Bertz CT molecular complexity index is 180. The second kappa shape index (κ2) is 4.24. The van der Waals surface area contributed by atoms with Crippen LogP contribution >= 0.6 is 11.6 Å². The van der Waals surface area contributed by atoms with Crippen LogP contribution in [0.3, 0.4) is 0 Å². The van der Waals surface area contributed by atoms with Crippen molar-refractivity contribution in [3.05, 3.63) is 29.3 Å². The predicted molar refractivity (Wildman–Crippen MR) is 49.7 cm³/mol. The van der Waals surface area contributed by atoms with E-state index in [-0.39, 0.29) is 0 Å². The molecule has 1 aliphatic carbocycles. The van der Waals surface area contributed by atoms with Crippen LogP contribution in [-0.2, 0) is 0 Å². The van der Waals surface area contributed by atoms with Crippen LogP contribution < -0.4 is 5.73 Å². The molecule has 0 amide bonds. The zero-order chi connectivity index (χ0) is 8.10. The molecule has 2 N–H and O–H groups in total. The van der Waals surface area contributed by atoms with Gasteiger partial charge >= 0.3 is 0 Å². The fourth-order valence-electron chi connectivity index (χ4n) is 0.463. The molecule has 0 aliphatic heterocycles. The molecule has 0 heterocycles. The van der Waals surface area contributed by atoms with Gasteiger partial charge in [0.1, 0.15) is 0 Å². The zero-order valence-corrected chi connectivity index (χ0v) is 7.14. The Balaban J connectivity index is 0.000000167. The van der Waals surface area contributed by atoms with Crippen LogP contribution in [-0.4, -0.2) is 0 Å².